The second-order valence-corrected chi connectivity index (χ2v) is 2.47. The minimum absolute atomic E-state index is 0.272. The van der Waals surface area contributed by atoms with Crippen LogP contribution in [0, 0.1) is 6.61 Å². The lowest BCUT2D eigenvalue weighted by atomic mass is 10.2. The molecule has 1 aromatic carbocycles. The first-order valence-electron chi connectivity index (χ1n) is 3.82. The number of benzene rings is 1. The van der Waals surface area contributed by atoms with Crippen LogP contribution >= 0.6 is 0 Å². The van der Waals surface area contributed by atoms with Crippen LogP contribution in [0.25, 0.3) is 0 Å². The molecule has 2 nitrogen and oxygen atoms in total. The maximum atomic E-state index is 10.4. The van der Waals surface area contributed by atoms with Crippen molar-refractivity contribution >= 4 is 5.97 Å². The number of ether oxygens (including phenoxy) is 1. The van der Waals surface area contributed by atoms with E-state index >= 15 is 0 Å². The van der Waals surface area contributed by atoms with Crippen molar-refractivity contribution in [2.24, 2.45) is 0 Å². The summed E-state index contributed by atoms with van der Waals surface area (Å²) in [7, 11) is 0. The van der Waals surface area contributed by atoms with E-state index in [2.05, 4.69) is 4.74 Å². The summed E-state index contributed by atoms with van der Waals surface area (Å²) >= 11 is 0. The summed E-state index contributed by atoms with van der Waals surface area (Å²) in [5.41, 5.74) is 1.14. The van der Waals surface area contributed by atoms with Crippen LogP contribution < -0.4 is 0 Å². The maximum absolute atomic E-state index is 10.4. The van der Waals surface area contributed by atoms with Gasteiger partial charge < -0.3 is 4.74 Å². The monoisotopic (exact) mass is 163 g/mol. The highest BCUT2D eigenvalue weighted by atomic mass is 16.5. The van der Waals surface area contributed by atoms with Gasteiger partial charge in [-0.3, -0.25) is 4.79 Å². The molecule has 0 unspecified atom stereocenters. The molecule has 1 aromatic rings. The molecule has 0 aromatic heterocycles. The second kappa shape index (κ2) is 4.54. The molecule has 0 atom stereocenters. The molecule has 0 N–H and O–H groups in total. The Kier molecular flexibility index (Phi) is 3.33. The van der Waals surface area contributed by atoms with E-state index < -0.39 is 0 Å². The van der Waals surface area contributed by atoms with Crippen molar-refractivity contribution in [3.05, 3.63) is 42.5 Å². The van der Waals surface area contributed by atoms with Gasteiger partial charge in [0, 0.05) is 13.3 Å². The molecule has 63 valence electrons. The molecule has 0 aliphatic heterocycles. The van der Waals surface area contributed by atoms with Gasteiger partial charge >= 0.3 is 5.97 Å². The maximum Gasteiger partial charge on any atom is 0.303 e. The Hall–Kier alpha value is -1.31. The number of rotatable bonds is 3. The Morgan fingerprint density at radius 3 is 2.67 bits per heavy atom. The summed E-state index contributed by atoms with van der Waals surface area (Å²) in [4.78, 5) is 10.4. The highest BCUT2D eigenvalue weighted by molar-refractivity contribution is 5.66. The molecule has 0 aliphatic rings. The lowest BCUT2D eigenvalue weighted by Crippen LogP contribution is -1.97. The van der Waals surface area contributed by atoms with Crippen molar-refractivity contribution in [3.63, 3.8) is 0 Å². The molecule has 1 radical (unpaired) electrons. The number of hydrogen-bond donors (Lipinski definition) is 0. The molecular weight excluding hydrogens is 152 g/mol. The first-order chi connectivity index (χ1) is 5.79. The number of esters is 1. The fraction of sp³-hybridized carbons (Fsp3) is 0.200. The van der Waals surface area contributed by atoms with Gasteiger partial charge in [-0.2, -0.15) is 0 Å². The third kappa shape index (κ3) is 3.19. The standard InChI is InChI=1S/C10H11O2/c1-9(11)12-8-7-10-5-3-2-4-6-10/h2-6,8H,7H2,1H3. The van der Waals surface area contributed by atoms with E-state index in [1.54, 1.807) is 0 Å². The molecule has 0 saturated carbocycles. The van der Waals surface area contributed by atoms with Crippen molar-refractivity contribution in [2.75, 3.05) is 0 Å². The van der Waals surface area contributed by atoms with Crippen LogP contribution in [0.3, 0.4) is 0 Å². The molecule has 12 heavy (non-hydrogen) atoms. The summed E-state index contributed by atoms with van der Waals surface area (Å²) in [6.07, 6.45) is 0.667. The minimum atomic E-state index is -0.272. The van der Waals surface area contributed by atoms with Gasteiger partial charge in [0.25, 0.3) is 0 Å². The average molecular weight is 163 g/mol. The van der Waals surface area contributed by atoms with Crippen LogP contribution in [0.15, 0.2) is 30.3 Å². The molecule has 2 heteroatoms. The zero-order valence-corrected chi connectivity index (χ0v) is 6.99. The van der Waals surface area contributed by atoms with Gasteiger partial charge in [-0.05, 0) is 5.56 Å². The Bertz CT molecular complexity index is 241. The highest BCUT2D eigenvalue weighted by Crippen LogP contribution is 2.01. The van der Waals surface area contributed by atoms with Crippen molar-refractivity contribution < 1.29 is 9.53 Å². The summed E-state index contributed by atoms with van der Waals surface area (Å²) < 4.78 is 4.68. The summed E-state index contributed by atoms with van der Waals surface area (Å²) in [6.45, 7) is 2.90. The van der Waals surface area contributed by atoms with Gasteiger partial charge in [-0.15, -0.1) is 0 Å². The Morgan fingerprint density at radius 2 is 2.08 bits per heavy atom. The number of carbonyl (C=O) groups excluding carboxylic acids is 1. The second-order valence-electron chi connectivity index (χ2n) is 2.47. The van der Waals surface area contributed by atoms with Crippen molar-refractivity contribution in [2.45, 2.75) is 13.3 Å². The number of carbonyl (C=O) groups is 1. The topological polar surface area (TPSA) is 26.3 Å². The van der Waals surface area contributed by atoms with E-state index in [1.807, 2.05) is 30.3 Å². The normalized spacial score (nSPS) is 9.42. The molecule has 1 rings (SSSR count). The Labute approximate surface area is 72.2 Å². The van der Waals surface area contributed by atoms with Gasteiger partial charge in [0.05, 0.1) is 0 Å². The molecule has 0 bridgehead atoms. The van der Waals surface area contributed by atoms with E-state index in [9.17, 15) is 4.79 Å². The third-order valence-electron chi connectivity index (χ3n) is 1.41. The van der Waals surface area contributed by atoms with E-state index in [0.717, 1.165) is 5.56 Å². The number of hydrogen-bond acceptors (Lipinski definition) is 2. The van der Waals surface area contributed by atoms with Crippen molar-refractivity contribution in [3.8, 4) is 0 Å². The van der Waals surface area contributed by atoms with Crippen LogP contribution in [0.1, 0.15) is 12.5 Å². The van der Waals surface area contributed by atoms with Gasteiger partial charge in [0.1, 0.15) is 6.61 Å². The fourth-order valence-electron chi connectivity index (χ4n) is 0.869. The average Bonchev–Trinajstić information content (AvgIpc) is 2.05. The lowest BCUT2D eigenvalue weighted by Gasteiger charge is -1.99. The molecule has 0 amide bonds. The predicted octanol–water partition coefficient (Wildman–Crippen LogP) is 1.95. The van der Waals surface area contributed by atoms with E-state index in [4.69, 9.17) is 0 Å². The molecule has 0 aliphatic carbocycles. The van der Waals surface area contributed by atoms with Gasteiger partial charge in [-0.1, -0.05) is 30.3 Å². The fourth-order valence-corrected chi connectivity index (χ4v) is 0.869. The first-order valence-corrected chi connectivity index (χ1v) is 3.82. The van der Waals surface area contributed by atoms with Crippen LogP contribution in [0.4, 0.5) is 0 Å². The van der Waals surface area contributed by atoms with Crippen LogP contribution in [0.5, 0.6) is 0 Å². The van der Waals surface area contributed by atoms with E-state index in [0.29, 0.717) is 6.42 Å². The van der Waals surface area contributed by atoms with Gasteiger partial charge in [0.15, 0.2) is 0 Å². The summed E-state index contributed by atoms with van der Waals surface area (Å²) in [5, 5.41) is 0. The van der Waals surface area contributed by atoms with Crippen LogP contribution in [-0.4, -0.2) is 5.97 Å². The quantitative estimate of drug-likeness (QED) is 0.636. The Morgan fingerprint density at radius 1 is 1.42 bits per heavy atom. The molecule has 0 spiro atoms. The van der Waals surface area contributed by atoms with Crippen LogP contribution in [0.2, 0.25) is 0 Å². The lowest BCUT2D eigenvalue weighted by molar-refractivity contribution is -0.137. The van der Waals surface area contributed by atoms with Gasteiger partial charge in [-0.25, -0.2) is 0 Å². The third-order valence-corrected chi connectivity index (χ3v) is 1.41. The van der Waals surface area contributed by atoms with Gasteiger partial charge in [0.2, 0.25) is 0 Å². The highest BCUT2D eigenvalue weighted by Gasteiger charge is 1.94. The smallest absolute Gasteiger partial charge is 0.303 e. The zero-order chi connectivity index (χ0) is 8.81. The predicted molar refractivity (Wildman–Crippen MR) is 46.2 cm³/mol. The SMILES string of the molecule is CC(=O)O[CH]Cc1ccccc1. The van der Waals surface area contributed by atoms with Crippen molar-refractivity contribution in [1.82, 2.24) is 0 Å². The Balaban J connectivity index is 2.29. The molecular formula is C10H11O2. The summed E-state index contributed by atoms with van der Waals surface area (Å²) in [6, 6.07) is 9.84. The van der Waals surface area contributed by atoms with Crippen LogP contribution in [-0.2, 0) is 16.0 Å². The molecule has 0 heterocycles. The molecule has 0 fully saturated rings. The summed E-state index contributed by atoms with van der Waals surface area (Å²) in [5.74, 6) is -0.272. The van der Waals surface area contributed by atoms with E-state index in [-0.39, 0.29) is 5.97 Å². The largest absolute Gasteiger partial charge is 0.458 e. The molecule has 0 saturated heterocycles. The minimum Gasteiger partial charge on any atom is -0.458 e. The van der Waals surface area contributed by atoms with Crippen molar-refractivity contribution in [1.29, 1.82) is 0 Å². The van der Waals surface area contributed by atoms with E-state index in [1.165, 1.54) is 13.5 Å². The zero-order valence-electron chi connectivity index (χ0n) is 6.99. The first kappa shape index (κ1) is 8.78.